The maximum atomic E-state index is 5.95. The number of aryl methyl sites for hydroxylation is 2. The van der Waals surface area contributed by atoms with Crippen molar-refractivity contribution < 1.29 is 0 Å². The molecule has 0 radical (unpaired) electrons. The van der Waals surface area contributed by atoms with Gasteiger partial charge in [0.1, 0.15) is 0 Å². The van der Waals surface area contributed by atoms with E-state index in [0.717, 1.165) is 16.5 Å². The summed E-state index contributed by atoms with van der Waals surface area (Å²) in [6, 6.07) is 12.1. The minimum Gasteiger partial charge on any atom is -0.0843 e. The lowest BCUT2D eigenvalue weighted by atomic mass is 9.98. The van der Waals surface area contributed by atoms with E-state index in [4.69, 9.17) is 23.2 Å². The summed E-state index contributed by atoms with van der Waals surface area (Å²) in [7, 11) is 0. The van der Waals surface area contributed by atoms with E-state index in [0.29, 0.717) is 0 Å². The van der Waals surface area contributed by atoms with Crippen LogP contribution in [0.1, 0.15) is 22.3 Å². The van der Waals surface area contributed by atoms with Crippen molar-refractivity contribution in [2.24, 2.45) is 0 Å². The van der Waals surface area contributed by atoms with Gasteiger partial charge in [-0.15, -0.1) is 0 Å². The van der Waals surface area contributed by atoms with Gasteiger partial charge in [0.15, 0.2) is 0 Å². The summed E-state index contributed by atoms with van der Waals surface area (Å²) in [6.45, 7) is 4.18. The van der Waals surface area contributed by atoms with Crippen LogP contribution >= 0.6 is 23.2 Å². The second kappa shape index (κ2) is 5.12. The molecule has 0 amide bonds. The Labute approximate surface area is 112 Å². The predicted octanol–water partition coefficient (Wildman–Crippen LogP) is 5.20. The summed E-state index contributed by atoms with van der Waals surface area (Å²) >= 11 is 11.9. The SMILES string of the molecule is Cc1cc(Cl)ccc1Cc1ccc(Cl)cc1C. The Balaban J connectivity index is 2.31. The first kappa shape index (κ1) is 12.5. The zero-order valence-electron chi connectivity index (χ0n) is 9.93. The molecule has 2 heteroatoms. The molecule has 0 heterocycles. The highest BCUT2D eigenvalue weighted by Crippen LogP contribution is 2.22. The molecule has 0 atom stereocenters. The maximum Gasteiger partial charge on any atom is 0.0408 e. The third kappa shape index (κ3) is 3.02. The largest absolute Gasteiger partial charge is 0.0843 e. The fourth-order valence-electron chi connectivity index (χ4n) is 1.92. The van der Waals surface area contributed by atoms with Crippen molar-refractivity contribution in [3.8, 4) is 0 Å². The standard InChI is InChI=1S/C15H14Cl2/c1-10-7-14(16)5-3-12(10)9-13-4-6-15(17)8-11(13)2/h3-8H,9H2,1-2H3. The Hall–Kier alpha value is -0.980. The van der Waals surface area contributed by atoms with E-state index in [1.54, 1.807) is 0 Å². The third-order valence-corrected chi connectivity index (χ3v) is 3.46. The van der Waals surface area contributed by atoms with Crippen LogP contribution in [-0.2, 0) is 6.42 Å². The summed E-state index contributed by atoms with van der Waals surface area (Å²) in [5, 5.41) is 1.58. The molecule has 0 nitrogen and oxygen atoms in total. The van der Waals surface area contributed by atoms with Crippen molar-refractivity contribution in [3.05, 3.63) is 68.7 Å². The number of hydrogen-bond donors (Lipinski definition) is 0. The number of hydrogen-bond acceptors (Lipinski definition) is 0. The lowest BCUT2D eigenvalue weighted by Crippen LogP contribution is -1.94. The van der Waals surface area contributed by atoms with Crippen LogP contribution in [0, 0.1) is 13.8 Å². The molecule has 0 fully saturated rings. The van der Waals surface area contributed by atoms with Crippen molar-refractivity contribution in [3.63, 3.8) is 0 Å². The molecule has 17 heavy (non-hydrogen) atoms. The monoisotopic (exact) mass is 264 g/mol. The molecular formula is C15H14Cl2. The summed E-state index contributed by atoms with van der Waals surface area (Å²) in [4.78, 5) is 0. The summed E-state index contributed by atoms with van der Waals surface area (Å²) in [5.74, 6) is 0. The number of halogens is 2. The van der Waals surface area contributed by atoms with Crippen LogP contribution in [0.15, 0.2) is 36.4 Å². The van der Waals surface area contributed by atoms with Crippen LogP contribution in [0.5, 0.6) is 0 Å². The molecule has 0 aliphatic heterocycles. The second-order valence-electron chi connectivity index (χ2n) is 4.32. The number of rotatable bonds is 2. The summed E-state index contributed by atoms with van der Waals surface area (Å²) in [6.07, 6.45) is 0.923. The maximum absolute atomic E-state index is 5.95. The summed E-state index contributed by atoms with van der Waals surface area (Å²) in [5.41, 5.74) is 5.07. The lowest BCUT2D eigenvalue weighted by molar-refractivity contribution is 1.13. The van der Waals surface area contributed by atoms with E-state index in [-0.39, 0.29) is 0 Å². The Bertz CT molecular complexity index is 495. The second-order valence-corrected chi connectivity index (χ2v) is 5.19. The highest BCUT2D eigenvalue weighted by Gasteiger charge is 2.04. The minimum atomic E-state index is 0.791. The van der Waals surface area contributed by atoms with Crippen LogP contribution < -0.4 is 0 Å². The molecule has 2 aromatic carbocycles. The molecule has 0 aromatic heterocycles. The van der Waals surface area contributed by atoms with Gasteiger partial charge in [-0.05, 0) is 66.8 Å². The van der Waals surface area contributed by atoms with Gasteiger partial charge in [0.25, 0.3) is 0 Å². The number of benzene rings is 2. The fourth-order valence-corrected chi connectivity index (χ4v) is 2.37. The molecule has 0 spiro atoms. The van der Waals surface area contributed by atoms with Crippen LogP contribution in [0.3, 0.4) is 0 Å². The van der Waals surface area contributed by atoms with E-state index in [2.05, 4.69) is 26.0 Å². The Morgan fingerprint density at radius 3 is 1.53 bits per heavy atom. The average Bonchev–Trinajstić information content (AvgIpc) is 2.25. The Kier molecular flexibility index (Phi) is 3.76. The van der Waals surface area contributed by atoms with Crippen molar-refractivity contribution >= 4 is 23.2 Å². The van der Waals surface area contributed by atoms with E-state index in [1.165, 1.54) is 22.3 Å². The molecule has 2 rings (SSSR count). The van der Waals surface area contributed by atoms with Crippen LogP contribution in [0.2, 0.25) is 10.0 Å². The van der Waals surface area contributed by atoms with Gasteiger partial charge in [0.05, 0.1) is 0 Å². The molecule has 0 bridgehead atoms. The van der Waals surface area contributed by atoms with Crippen LogP contribution in [0.4, 0.5) is 0 Å². The average molecular weight is 265 g/mol. The smallest absolute Gasteiger partial charge is 0.0408 e. The van der Waals surface area contributed by atoms with E-state index < -0.39 is 0 Å². The highest BCUT2D eigenvalue weighted by molar-refractivity contribution is 6.30. The van der Waals surface area contributed by atoms with Crippen molar-refractivity contribution in [1.82, 2.24) is 0 Å². The molecule has 2 aromatic rings. The van der Waals surface area contributed by atoms with Crippen LogP contribution in [-0.4, -0.2) is 0 Å². The van der Waals surface area contributed by atoms with Gasteiger partial charge >= 0.3 is 0 Å². The van der Waals surface area contributed by atoms with Gasteiger partial charge in [0, 0.05) is 10.0 Å². The van der Waals surface area contributed by atoms with Gasteiger partial charge in [0.2, 0.25) is 0 Å². The third-order valence-electron chi connectivity index (χ3n) is 2.99. The van der Waals surface area contributed by atoms with E-state index in [1.807, 2.05) is 24.3 Å². The van der Waals surface area contributed by atoms with Gasteiger partial charge in [-0.1, -0.05) is 35.3 Å². The van der Waals surface area contributed by atoms with Gasteiger partial charge in [-0.25, -0.2) is 0 Å². The van der Waals surface area contributed by atoms with Crippen molar-refractivity contribution in [1.29, 1.82) is 0 Å². The molecular weight excluding hydrogens is 251 g/mol. The molecule has 0 unspecified atom stereocenters. The van der Waals surface area contributed by atoms with Gasteiger partial charge in [-0.3, -0.25) is 0 Å². The van der Waals surface area contributed by atoms with Crippen molar-refractivity contribution in [2.75, 3.05) is 0 Å². The normalized spacial score (nSPS) is 10.6. The fraction of sp³-hybridized carbons (Fsp3) is 0.200. The first-order valence-corrected chi connectivity index (χ1v) is 6.32. The van der Waals surface area contributed by atoms with E-state index >= 15 is 0 Å². The molecule has 88 valence electrons. The minimum absolute atomic E-state index is 0.791. The zero-order valence-corrected chi connectivity index (χ0v) is 11.4. The van der Waals surface area contributed by atoms with Crippen LogP contribution in [0.25, 0.3) is 0 Å². The topological polar surface area (TPSA) is 0 Å². The Morgan fingerprint density at radius 2 is 1.18 bits per heavy atom. The highest BCUT2D eigenvalue weighted by atomic mass is 35.5. The van der Waals surface area contributed by atoms with Gasteiger partial charge in [-0.2, -0.15) is 0 Å². The predicted molar refractivity (Wildman–Crippen MR) is 75.2 cm³/mol. The first-order chi connectivity index (χ1) is 8.06. The lowest BCUT2D eigenvalue weighted by Gasteiger charge is -2.09. The molecule has 0 N–H and O–H groups in total. The zero-order chi connectivity index (χ0) is 12.4. The molecule has 0 saturated carbocycles. The molecule has 0 aliphatic carbocycles. The first-order valence-electron chi connectivity index (χ1n) is 5.56. The summed E-state index contributed by atoms with van der Waals surface area (Å²) < 4.78 is 0. The van der Waals surface area contributed by atoms with Gasteiger partial charge < -0.3 is 0 Å². The van der Waals surface area contributed by atoms with E-state index in [9.17, 15) is 0 Å². The Morgan fingerprint density at radius 1 is 0.765 bits per heavy atom. The molecule has 0 saturated heterocycles. The van der Waals surface area contributed by atoms with Crippen molar-refractivity contribution in [2.45, 2.75) is 20.3 Å². The quantitative estimate of drug-likeness (QED) is 0.700. The molecule has 0 aliphatic rings.